The van der Waals surface area contributed by atoms with Crippen LogP contribution in [0.15, 0.2) is 82.2 Å². The number of fused-ring (bicyclic) bond motifs is 12. The summed E-state index contributed by atoms with van der Waals surface area (Å²) in [5.74, 6) is 1.94. The number of carbonyl (C=O) groups is 1. The van der Waals surface area contributed by atoms with Crippen LogP contribution in [-0.4, -0.2) is 142 Å². The number of benzene rings is 2. The predicted molar refractivity (Wildman–Crippen MR) is 283 cm³/mol. The Labute approximate surface area is 438 Å². The Morgan fingerprint density at radius 3 is 1.71 bits per heavy atom. The van der Waals surface area contributed by atoms with Crippen LogP contribution in [0.2, 0.25) is 0 Å². The van der Waals surface area contributed by atoms with Crippen LogP contribution in [-0.2, 0) is 25.5 Å². The number of pyridine rings is 2. The number of aromatic nitrogens is 8. The summed E-state index contributed by atoms with van der Waals surface area (Å²) in [4.78, 5) is 52.3. The lowest BCUT2D eigenvalue weighted by Crippen LogP contribution is -2.37. The van der Waals surface area contributed by atoms with Crippen LogP contribution in [0.4, 0.5) is 20.4 Å². The zero-order valence-corrected chi connectivity index (χ0v) is 42.0. The van der Waals surface area contributed by atoms with Crippen LogP contribution in [0.5, 0.6) is 0 Å². The number of ether oxygens (including phenoxy) is 4. The fourth-order valence-corrected chi connectivity index (χ4v) is 11.6. The van der Waals surface area contributed by atoms with E-state index in [1.54, 1.807) is 36.7 Å². The van der Waals surface area contributed by atoms with Gasteiger partial charge in [0.1, 0.15) is 22.7 Å². The molecule has 8 aromatic heterocycles. The van der Waals surface area contributed by atoms with E-state index >= 15 is 8.78 Å². The SMILES string of the molecule is C1C[C@@H]2C[C@H]1CO2.Cl.Fc1ccc2[nH]ccc2c1-c1nc(N2CCOCC2)c2oc3ncc(CN4C[C@@H]5C[C@H]4CO5)cc3c2n1.O=Cc1cnc2oc3c(N4CCOCC4)nc(-c4c(F)ccc5[nH]ccc45)nc3c2c1. The van der Waals surface area contributed by atoms with E-state index in [2.05, 4.69) is 40.8 Å². The van der Waals surface area contributed by atoms with Crippen molar-refractivity contribution in [2.24, 2.45) is 5.92 Å². The molecule has 21 heteroatoms. The van der Waals surface area contributed by atoms with E-state index in [1.807, 2.05) is 17.2 Å². The van der Waals surface area contributed by atoms with Crippen molar-refractivity contribution >= 4 is 96.5 Å². The Balaban J connectivity index is 0.000000128. The van der Waals surface area contributed by atoms with E-state index in [-0.39, 0.29) is 24.0 Å². The molecule has 390 valence electrons. The summed E-state index contributed by atoms with van der Waals surface area (Å²) in [5, 5.41) is 2.82. The average molecular weight is 1050 g/mol. The maximum atomic E-state index is 15.3. The first-order valence-corrected chi connectivity index (χ1v) is 25.7. The predicted octanol–water partition coefficient (Wildman–Crippen LogP) is 9.18. The van der Waals surface area contributed by atoms with Gasteiger partial charge in [0.25, 0.3) is 0 Å². The lowest BCUT2D eigenvalue weighted by atomic mass is 10.1. The molecule has 6 fully saturated rings. The molecule has 0 amide bonds. The van der Waals surface area contributed by atoms with Crippen molar-refractivity contribution in [3.05, 3.63) is 96.1 Å². The third-order valence-corrected chi connectivity index (χ3v) is 15.4. The van der Waals surface area contributed by atoms with E-state index in [0.29, 0.717) is 149 Å². The number of aromatic amines is 2. The van der Waals surface area contributed by atoms with Crippen LogP contribution in [0.25, 0.3) is 89.0 Å². The topological polar surface area (TPSA) is 199 Å². The van der Waals surface area contributed by atoms with Gasteiger partial charge in [-0.15, -0.1) is 12.4 Å². The van der Waals surface area contributed by atoms with E-state index < -0.39 is 5.82 Å². The molecule has 5 aliphatic heterocycles. The Morgan fingerprint density at radius 2 is 1.22 bits per heavy atom. The minimum absolute atomic E-state index is 0. The first kappa shape index (κ1) is 48.4. The second kappa shape index (κ2) is 20.1. The van der Waals surface area contributed by atoms with Crippen LogP contribution in [0.3, 0.4) is 0 Å². The van der Waals surface area contributed by atoms with Crippen LogP contribution in [0, 0.1) is 17.6 Å². The van der Waals surface area contributed by atoms with E-state index in [4.69, 9.17) is 42.7 Å². The summed E-state index contributed by atoms with van der Waals surface area (Å²) >= 11 is 0. The lowest BCUT2D eigenvalue weighted by molar-refractivity contribution is 0.0273. The highest BCUT2D eigenvalue weighted by atomic mass is 35.5. The van der Waals surface area contributed by atoms with Gasteiger partial charge in [-0.2, -0.15) is 0 Å². The van der Waals surface area contributed by atoms with Gasteiger partial charge in [-0.05, 0) is 85.7 Å². The Kier molecular flexibility index (Phi) is 12.8. The number of H-pyrrole nitrogens is 2. The number of carbonyl (C=O) groups excluding carboxylic acids is 1. The van der Waals surface area contributed by atoms with Crippen molar-refractivity contribution < 1.29 is 41.4 Å². The monoisotopic (exact) mass is 1050 g/mol. The fraction of sp³-hybridized carbons (Fsp3) is 0.364. The molecule has 6 aliphatic rings. The van der Waals surface area contributed by atoms with Gasteiger partial charge >= 0.3 is 0 Å². The van der Waals surface area contributed by atoms with Gasteiger partial charge in [-0.1, -0.05) is 0 Å². The molecule has 0 unspecified atom stereocenters. The molecule has 0 radical (unpaired) electrons. The summed E-state index contributed by atoms with van der Waals surface area (Å²) in [6.45, 7) is 8.45. The molecule has 0 spiro atoms. The number of nitrogens with zero attached hydrogens (tertiary/aromatic N) is 9. The van der Waals surface area contributed by atoms with E-state index in [9.17, 15) is 4.79 Å². The third kappa shape index (κ3) is 8.75. The van der Waals surface area contributed by atoms with Gasteiger partial charge in [-0.3, -0.25) is 9.69 Å². The number of aldehydes is 1. The van der Waals surface area contributed by atoms with Gasteiger partial charge in [0, 0.05) is 104 Å². The molecular formula is C55H52ClF2N11O7. The quantitative estimate of drug-likeness (QED) is 0.143. The molecule has 2 aromatic carbocycles. The number of nitrogens with one attached hydrogen (secondary N) is 2. The highest BCUT2D eigenvalue weighted by Gasteiger charge is 2.39. The molecule has 1 aliphatic carbocycles. The molecule has 1 saturated carbocycles. The number of furan rings is 2. The van der Waals surface area contributed by atoms with Crippen LogP contribution >= 0.6 is 12.4 Å². The van der Waals surface area contributed by atoms with Crippen LogP contribution < -0.4 is 9.80 Å². The van der Waals surface area contributed by atoms with E-state index in [0.717, 1.165) is 72.3 Å². The van der Waals surface area contributed by atoms with Gasteiger partial charge in [0.2, 0.25) is 11.4 Å². The normalized spacial score (nSPS) is 21.2. The van der Waals surface area contributed by atoms with Crippen molar-refractivity contribution in [2.45, 2.75) is 50.5 Å². The van der Waals surface area contributed by atoms with Crippen molar-refractivity contribution in [1.29, 1.82) is 0 Å². The third-order valence-electron chi connectivity index (χ3n) is 15.4. The number of hydrogen-bond donors (Lipinski definition) is 2. The number of halogens is 3. The zero-order chi connectivity index (χ0) is 50.1. The first-order chi connectivity index (χ1) is 36.9. The summed E-state index contributed by atoms with van der Waals surface area (Å²) < 4.78 is 64.7. The largest absolute Gasteiger partial charge is 0.432 e. The fourth-order valence-electron chi connectivity index (χ4n) is 11.6. The van der Waals surface area contributed by atoms with Gasteiger partial charge in [-0.25, -0.2) is 38.7 Å². The molecule has 2 N–H and O–H groups in total. The summed E-state index contributed by atoms with van der Waals surface area (Å²) in [6, 6.07) is 14.2. The number of anilines is 2. The average Bonchev–Trinajstić information content (AvgIpc) is 4.33. The van der Waals surface area contributed by atoms with Crippen molar-refractivity contribution in [1.82, 2.24) is 44.8 Å². The van der Waals surface area contributed by atoms with Crippen molar-refractivity contribution in [3.63, 3.8) is 0 Å². The second-order valence-electron chi connectivity index (χ2n) is 20.1. The minimum atomic E-state index is -0.418. The maximum absolute atomic E-state index is 15.3. The number of morpholine rings is 3. The van der Waals surface area contributed by atoms with Crippen molar-refractivity contribution in [2.75, 3.05) is 82.2 Å². The number of hydrogen-bond acceptors (Lipinski definition) is 16. The summed E-state index contributed by atoms with van der Waals surface area (Å²) in [7, 11) is 0. The lowest BCUT2D eigenvalue weighted by Gasteiger charge is -2.27. The molecule has 13 heterocycles. The van der Waals surface area contributed by atoms with Gasteiger partial charge < -0.3 is 47.5 Å². The Hall–Kier alpha value is -7.20. The molecule has 18 nitrogen and oxygen atoms in total. The van der Waals surface area contributed by atoms with Gasteiger partial charge in [0.05, 0.1) is 67.1 Å². The molecule has 76 heavy (non-hydrogen) atoms. The molecule has 10 aromatic rings. The van der Waals surface area contributed by atoms with Crippen molar-refractivity contribution in [3.8, 4) is 22.8 Å². The first-order valence-electron chi connectivity index (χ1n) is 25.7. The molecule has 4 bridgehead atoms. The van der Waals surface area contributed by atoms with Gasteiger partial charge in [0.15, 0.2) is 40.7 Å². The summed E-state index contributed by atoms with van der Waals surface area (Å²) in [6.07, 6.45) is 13.8. The smallest absolute Gasteiger partial charge is 0.229 e. The molecule has 5 saturated heterocycles. The number of rotatable bonds is 7. The maximum Gasteiger partial charge on any atom is 0.229 e. The highest BCUT2D eigenvalue weighted by Crippen LogP contribution is 2.40. The highest BCUT2D eigenvalue weighted by molar-refractivity contribution is 6.08. The molecule has 16 rings (SSSR count). The zero-order valence-electron chi connectivity index (χ0n) is 41.2. The Morgan fingerprint density at radius 1 is 0.645 bits per heavy atom. The minimum Gasteiger partial charge on any atom is -0.432 e. The molecular weight excluding hydrogens is 1000 g/mol. The van der Waals surface area contributed by atoms with E-state index in [1.165, 1.54) is 37.6 Å². The summed E-state index contributed by atoms with van der Waals surface area (Å²) in [5.41, 5.74) is 6.82. The molecule has 4 atom stereocenters. The standard InChI is InChI=1S/C27H25FN6O3.C22H16FN5O3.C6H10O.ClH/c28-20-1-2-21-18(3-4-29-21)22(20)25-31-23-19-9-15(12-34-13-17-10-16(34)14-36-17)11-30-27(19)37-24(23)26(32-25)33-5-7-35-8-6-33;23-15-1-2-16-13(3-4-24-16)17(15)20-26-18-14-9-12(11-29)10-25-22(14)31-19(18)21(27-20)28-5-7-30-8-6-28;1-2-6-3-5(1)4-7-6;/h1-4,9,11,16-17,29H,5-8,10,12-14H2;1-4,9-11,24H,5-8H2;5-6H,1-4H2;1H/t16-,17-;;5-,6+;/m0.0./s1. The Bertz CT molecular complexity index is 3800. The second-order valence-corrected chi connectivity index (χ2v) is 20.1. The van der Waals surface area contributed by atoms with Crippen LogP contribution in [0.1, 0.15) is 41.6 Å². The number of likely N-dealkylation sites (tertiary alicyclic amines) is 1.